The second-order valence-electron chi connectivity index (χ2n) is 5.17. The maximum absolute atomic E-state index is 5.98. The summed E-state index contributed by atoms with van der Waals surface area (Å²) in [4.78, 5) is 8.40. The maximum atomic E-state index is 5.98. The number of nitrogens with one attached hydrogen (secondary N) is 1. The number of hydrogen-bond acceptors (Lipinski definition) is 5. The molecule has 1 spiro atoms. The lowest BCUT2D eigenvalue weighted by Crippen LogP contribution is -2.41. The molecule has 1 N–H and O–H groups in total. The molecule has 0 aliphatic carbocycles. The van der Waals surface area contributed by atoms with Gasteiger partial charge in [-0.2, -0.15) is 0 Å². The largest absolute Gasteiger partial charge is 0.458 e. The number of rotatable bonds is 2. The van der Waals surface area contributed by atoms with E-state index < -0.39 is 0 Å². The number of aryl methyl sites for hydroxylation is 1. The Morgan fingerprint density at radius 3 is 3.06 bits per heavy atom. The summed E-state index contributed by atoms with van der Waals surface area (Å²) in [7, 11) is 0. The highest BCUT2D eigenvalue weighted by atomic mass is 16.6. The third-order valence-corrected chi connectivity index (χ3v) is 3.73. The van der Waals surface area contributed by atoms with Gasteiger partial charge < -0.3 is 14.8 Å². The molecule has 5 heteroatoms. The minimum absolute atomic E-state index is 0.0275. The minimum Gasteiger partial charge on any atom is -0.458 e. The first kappa shape index (κ1) is 11.9. The highest BCUT2D eigenvalue weighted by Gasteiger charge is 2.42. The smallest absolute Gasteiger partial charge is 0.316 e. The third-order valence-electron chi connectivity index (χ3n) is 3.73. The Kier molecular flexibility index (Phi) is 3.18. The van der Waals surface area contributed by atoms with Gasteiger partial charge in [-0.05, 0) is 38.9 Å². The summed E-state index contributed by atoms with van der Waals surface area (Å²) in [6, 6.07) is 2.33. The van der Waals surface area contributed by atoms with Crippen molar-refractivity contribution in [2.24, 2.45) is 0 Å². The first-order valence-electron chi connectivity index (χ1n) is 6.57. The summed E-state index contributed by atoms with van der Waals surface area (Å²) in [6.07, 6.45) is 4.91. The fourth-order valence-electron chi connectivity index (χ4n) is 2.74. The van der Waals surface area contributed by atoms with E-state index >= 15 is 0 Å². The zero-order valence-corrected chi connectivity index (χ0v) is 10.7. The molecule has 1 unspecified atom stereocenters. The van der Waals surface area contributed by atoms with Crippen LogP contribution >= 0.6 is 0 Å². The fourth-order valence-corrected chi connectivity index (χ4v) is 2.74. The molecule has 3 heterocycles. The van der Waals surface area contributed by atoms with Gasteiger partial charge in [-0.15, -0.1) is 0 Å². The van der Waals surface area contributed by atoms with Gasteiger partial charge >= 0.3 is 6.01 Å². The third kappa shape index (κ3) is 2.47. The molecular weight excluding hydrogens is 230 g/mol. The second kappa shape index (κ2) is 4.82. The minimum atomic E-state index is 0.0275. The van der Waals surface area contributed by atoms with Crippen LogP contribution in [0.2, 0.25) is 0 Å². The molecule has 2 aliphatic rings. The van der Waals surface area contributed by atoms with Crippen LogP contribution in [0, 0.1) is 6.92 Å². The summed E-state index contributed by atoms with van der Waals surface area (Å²) >= 11 is 0. The normalized spacial score (nSPS) is 26.4. The molecule has 3 rings (SSSR count). The van der Waals surface area contributed by atoms with Gasteiger partial charge in [-0.25, -0.2) is 9.97 Å². The molecule has 5 nitrogen and oxygen atoms in total. The van der Waals surface area contributed by atoms with Crippen LogP contribution in [0.3, 0.4) is 0 Å². The molecule has 0 saturated carbocycles. The van der Waals surface area contributed by atoms with E-state index in [4.69, 9.17) is 9.47 Å². The van der Waals surface area contributed by atoms with E-state index in [1.807, 2.05) is 13.0 Å². The Morgan fingerprint density at radius 2 is 2.28 bits per heavy atom. The number of ether oxygens (including phenoxy) is 2. The molecular formula is C13H19N3O2. The summed E-state index contributed by atoms with van der Waals surface area (Å²) < 4.78 is 11.8. The van der Waals surface area contributed by atoms with Crippen LogP contribution in [0.15, 0.2) is 12.3 Å². The summed E-state index contributed by atoms with van der Waals surface area (Å²) in [5.41, 5.74) is 0.954. The van der Waals surface area contributed by atoms with E-state index in [1.165, 1.54) is 0 Å². The highest BCUT2D eigenvalue weighted by Crippen LogP contribution is 2.35. The van der Waals surface area contributed by atoms with Gasteiger partial charge in [0, 0.05) is 18.3 Å². The molecule has 1 aromatic heterocycles. The van der Waals surface area contributed by atoms with Gasteiger partial charge in [-0.1, -0.05) is 0 Å². The van der Waals surface area contributed by atoms with Crippen LogP contribution in [0.1, 0.15) is 25.0 Å². The van der Waals surface area contributed by atoms with E-state index in [0.717, 1.165) is 38.0 Å². The van der Waals surface area contributed by atoms with Crippen molar-refractivity contribution in [2.45, 2.75) is 37.9 Å². The molecule has 1 aromatic rings. The first-order chi connectivity index (χ1) is 8.76. The summed E-state index contributed by atoms with van der Waals surface area (Å²) in [5, 5.41) is 3.36. The van der Waals surface area contributed by atoms with Crippen molar-refractivity contribution in [3.8, 4) is 6.01 Å². The van der Waals surface area contributed by atoms with Gasteiger partial charge in [0.2, 0.25) is 0 Å². The standard InChI is InChI=1S/C13H19N3O2/c1-10-2-5-15-12(16-10)18-11-8-13(17-9-11)3-6-14-7-4-13/h2,5,11,14H,3-4,6-9H2,1H3. The molecule has 18 heavy (non-hydrogen) atoms. The Labute approximate surface area is 107 Å². The molecule has 0 bridgehead atoms. The van der Waals surface area contributed by atoms with E-state index in [2.05, 4.69) is 15.3 Å². The number of piperidine rings is 1. The van der Waals surface area contributed by atoms with Gasteiger partial charge in [0.1, 0.15) is 6.10 Å². The van der Waals surface area contributed by atoms with Crippen LogP contribution in [-0.4, -0.2) is 41.4 Å². The SMILES string of the molecule is Cc1ccnc(OC2COC3(CCNCC3)C2)n1. The van der Waals surface area contributed by atoms with Crippen LogP contribution in [0.4, 0.5) is 0 Å². The zero-order valence-electron chi connectivity index (χ0n) is 10.7. The summed E-state index contributed by atoms with van der Waals surface area (Å²) in [6.45, 7) is 4.66. The van der Waals surface area contributed by atoms with Crippen molar-refractivity contribution in [3.63, 3.8) is 0 Å². The van der Waals surface area contributed by atoms with Crippen molar-refractivity contribution in [1.29, 1.82) is 0 Å². The van der Waals surface area contributed by atoms with Crippen molar-refractivity contribution < 1.29 is 9.47 Å². The lowest BCUT2D eigenvalue weighted by molar-refractivity contribution is -0.0206. The number of aromatic nitrogens is 2. The van der Waals surface area contributed by atoms with Crippen molar-refractivity contribution in [1.82, 2.24) is 15.3 Å². The van der Waals surface area contributed by atoms with Crippen molar-refractivity contribution >= 4 is 0 Å². The highest BCUT2D eigenvalue weighted by molar-refractivity contribution is 5.04. The van der Waals surface area contributed by atoms with E-state index in [9.17, 15) is 0 Å². The number of hydrogen-bond donors (Lipinski definition) is 1. The Hall–Kier alpha value is -1.20. The van der Waals surface area contributed by atoms with Crippen molar-refractivity contribution in [2.75, 3.05) is 19.7 Å². The molecule has 2 saturated heterocycles. The molecule has 0 amide bonds. The fraction of sp³-hybridized carbons (Fsp3) is 0.692. The molecule has 2 fully saturated rings. The van der Waals surface area contributed by atoms with E-state index in [0.29, 0.717) is 12.6 Å². The predicted molar refractivity (Wildman–Crippen MR) is 66.6 cm³/mol. The average Bonchev–Trinajstić information content (AvgIpc) is 2.73. The zero-order chi connectivity index (χ0) is 12.4. The maximum Gasteiger partial charge on any atom is 0.316 e. The number of nitrogens with zero attached hydrogens (tertiary/aromatic N) is 2. The molecule has 2 aliphatic heterocycles. The van der Waals surface area contributed by atoms with Gasteiger partial charge in [0.15, 0.2) is 0 Å². The predicted octanol–water partition coefficient (Wildman–Crippen LogP) is 1.07. The van der Waals surface area contributed by atoms with Gasteiger partial charge in [-0.3, -0.25) is 0 Å². The van der Waals surface area contributed by atoms with Crippen LogP contribution in [0.5, 0.6) is 6.01 Å². The van der Waals surface area contributed by atoms with E-state index in [1.54, 1.807) is 6.20 Å². The Bertz CT molecular complexity index is 418. The first-order valence-corrected chi connectivity index (χ1v) is 6.57. The monoisotopic (exact) mass is 249 g/mol. The van der Waals surface area contributed by atoms with Crippen LogP contribution in [-0.2, 0) is 4.74 Å². The second-order valence-corrected chi connectivity index (χ2v) is 5.17. The Balaban J connectivity index is 1.62. The lowest BCUT2D eigenvalue weighted by atomic mass is 9.89. The molecule has 0 radical (unpaired) electrons. The average molecular weight is 249 g/mol. The van der Waals surface area contributed by atoms with Gasteiger partial charge in [0.25, 0.3) is 0 Å². The molecule has 98 valence electrons. The molecule has 0 aromatic carbocycles. The topological polar surface area (TPSA) is 56.3 Å². The van der Waals surface area contributed by atoms with Crippen LogP contribution < -0.4 is 10.1 Å². The van der Waals surface area contributed by atoms with E-state index in [-0.39, 0.29) is 11.7 Å². The van der Waals surface area contributed by atoms with Crippen LogP contribution in [0.25, 0.3) is 0 Å². The Morgan fingerprint density at radius 1 is 1.44 bits per heavy atom. The quantitative estimate of drug-likeness (QED) is 0.850. The van der Waals surface area contributed by atoms with Crippen molar-refractivity contribution in [3.05, 3.63) is 18.0 Å². The summed E-state index contributed by atoms with van der Waals surface area (Å²) in [5.74, 6) is 0. The lowest BCUT2D eigenvalue weighted by Gasteiger charge is -2.32. The molecule has 1 atom stereocenters. The van der Waals surface area contributed by atoms with Gasteiger partial charge in [0.05, 0.1) is 12.2 Å².